The molecule has 0 bridgehead atoms. The third-order valence-corrected chi connectivity index (χ3v) is 5.70. The van der Waals surface area contributed by atoms with Gasteiger partial charge in [0.25, 0.3) is 0 Å². The van der Waals surface area contributed by atoms with Gasteiger partial charge in [0, 0.05) is 0 Å². The van der Waals surface area contributed by atoms with Crippen LogP contribution in [-0.4, -0.2) is 36.9 Å². The molecule has 0 saturated carbocycles. The van der Waals surface area contributed by atoms with E-state index in [1.165, 1.54) is 28.7 Å². The fourth-order valence-electron chi connectivity index (χ4n) is 2.49. The summed E-state index contributed by atoms with van der Waals surface area (Å²) in [6.07, 6.45) is 0. The number of aromatic nitrogens is 5. The van der Waals surface area contributed by atoms with Crippen LogP contribution < -0.4 is 5.32 Å². The second kappa shape index (κ2) is 7.45. The third kappa shape index (κ3) is 3.99. The van der Waals surface area contributed by atoms with Crippen molar-refractivity contribution in [1.82, 2.24) is 25.2 Å². The van der Waals surface area contributed by atoms with E-state index in [9.17, 15) is 4.79 Å². The molecule has 0 unspecified atom stereocenters. The van der Waals surface area contributed by atoms with Crippen molar-refractivity contribution in [3.8, 4) is 5.69 Å². The molecule has 0 fully saturated rings. The first kappa shape index (κ1) is 17.6. The van der Waals surface area contributed by atoms with Crippen molar-refractivity contribution in [2.75, 3.05) is 11.1 Å². The summed E-state index contributed by atoms with van der Waals surface area (Å²) in [4.78, 5) is 16.7. The van der Waals surface area contributed by atoms with Crippen molar-refractivity contribution in [3.63, 3.8) is 0 Å². The molecule has 2 aromatic carbocycles. The molecule has 0 aliphatic carbocycles. The van der Waals surface area contributed by atoms with Gasteiger partial charge in [-0.1, -0.05) is 46.9 Å². The van der Waals surface area contributed by atoms with Crippen molar-refractivity contribution in [3.05, 3.63) is 53.6 Å². The van der Waals surface area contributed by atoms with Crippen LogP contribution in [0.3, 0.4) is 0 Å². The predicted molar refractivity (Wildman–Crippen MR) is 108 cm³/mol. The van der Waals surface area contributed by atoms with E-state index in [-0.39, 0.29) is 11.7 Å². The Kier molecular flexibility index (Phi) is 4.87. The van der Waals surface area contributed by atoms with Crippen molar-refractivity contribution in [2.45, 2.75) is 19.0 Å². The molecule has 7 nitrogen and oxygen atoms in total. The Bertz CT molecular complexity index is 1100. The number of rotatable bonds is 5. The summed E-state index contributed by atoms with van der Waals surface area (Å²) in [6, 6.07) is 13.9. The second-order valence-electron chi connectivity index (χ2n) is 6.04. The number of thioether (sulfide) groups is 1. The van der Waals surface area contributed by atoms with E-state index < -0.39 is 0 Å². The van der Waals surface area contributed by atoms with E-state index in [0.717, 1.165) is 21.5 Å². The number of tetrazole rings is 1. The van der Waals surface area contributed by atoms with Crippen LogP contribution in [0.15, 0.2) is 47.6 Å². The van der Waals surface area contributed by atoms with Gasteiger partial charge >= 0.3 is 0 Å². The molecular formula is C18H16N6OS2. The monoisotopic (exact) mass is 396 g/mol. The highest BCUT2D eigenvalue weighted by molar-refractivity contribution is 7.99. The summed E-state index contributed by atoms with van der Waals surface area (Å²) in [5.74, 6) is 0.0514. The van der Waals surface area contributed by atoms with Crippen LogP contribution in [0.2, 0.25) is 0 Å². The molecule has 2 heterocycles. The lowest BCUT2D eigenvalue weighted by Crippen LogP contribution is -2.14. The minimum absolute atomic E-state index is 0.144. The number of nitrogens with one attached hydrogen (secondary N) is 1. The molecule has 9 heteroatoms. The molecular weight excluding hydrogens is 380 g/mol. The molecule has 4 aromatic rings. The highest BCUT2D eigenvalue weighted by atomic mass is 32.2. The van der Waals surface area contributed by atoms with Gasteiger partial charge in [-0.2, -0.15) is 4.68 Å². The molecule has 0 aliphatic rings. The van der Waals surface area contributed by atoms with Gasteiger partial charge in [-0.05, 0) is 54.1 Å². The zero-order valence-corrected chi connectivity index (χ0v) is 16.3. The number of anilines is 1. The standard InChI is InChI=1S/C18H16N6OS2/c1-11-3-6-13(7-4-11)24-18(21-22-23-24)26-10-16(25)20-17-19-14-8-5-12(2)9-15(14)27-17/h3-9H,10H2,1-2H3,(H,19,20,25). The average molecular weight is 397 g/mol. The molecule has 4 rings (SSSR count). The maximum Gasteiger partial charge on any atom is 0.236 e. The summed E-state index contributed by atoms with van der Waals surface area (Å²) < 4.78 is 2.68. The molecule has 0 radical (unpaired) electrons. The molecule has 27 heavy (non-hydrogen) atoms. The van der Waals surface area contributed by atoms with Crippen LogP contribution in [0.5, 0.6) is 0 Å². The summed E-state index contributed by atoms with van der Waals surface area (Å²) >= 11 is 2.75. The number of carbonyl (C=O) groups is 1. The number of hydrogen-bond acceptors (Lipinski definition) is 7. The lowest BCUT2D eigenvalue weighted by molar-refractivity contribution is -0.113. The third-order valence-electron chi connectivity index (χ3n) is 3.84. The number of nitrogens with zero attached hydrogens (tertiary/aromatic N) is 5. The van der Waals surface area contributed by atoms with E-state index in [0.29, 0.717) is 10.3 Å². The van der Waals surface area contributed by atoms with Crippen molar-refractivity contribution in [2.24, 2.45) is 0 Å². The number of fused-ring (bicyclic) bond motifs is 1. The lowest BCUT2D eigenvalue weighted by atomic mass is 10.2. The number of benzene rings is 2. The van der Waals surface area contributed by atoms with Crippen LogP contribution >= 0.6 is 23.1 Å². The van der Waals surface area contributed by atoms with Crippen molar-refractivity contribution >= 4 is 44.4 Å². The van der Waals surface area contributed by atoms with Gasteiger partial charge in [0.1, 0.15) is 0 Å². The predicted octanol–water partition coefficient (Wildman–Crippen LogP) is 3.62. The summed E-state index contributed by atoms with van der Waals surface area (Å²) in [5, 5.41) is 15.7. The largest absolute Gasteiger partial charge is 0.301 e. The van der Waals surface area contributed by atoms with Crippen LogP contribution in [0.4, 0.5) is 5.13 Å². The Labute approximate surface area is 163 Å². The van der Waals surface area contributed by atoms with Gasteiger partial charge in [0.2, 0.25) is 11.1 Å². The zero-order chi connectivity index (χ0) is 18.8. The maximum atomic E-state index is 12.3. The Balaban J connectivity index is 1.42. The minimum atomic E-state index is -0.144. The zero-order valence-electron chi connectivity index (χ0n) is 14.7. The van der Waals surface area contributed by atoms with Crippen LogP contribution in [0.1, 0.15) is 11.1 Å². The average Bonchev–Trinajstić information content (AvgIpc) is 3.26. The summed E-state index contributed by atoms with van der Waals surface area (Å²) in [7, 11) is 0. The Hall–Kier alpha value is -2.78. The first-order valence-electron chi connectivity index (χ1n) is 8.24. The molecule has 1 amide bonds. The van der Waals surface area contributed by atoms with Gasteiger partial charge in [-0.15, -0.1) is 5.10 Å². The molecule has 0 aliphatic heterocycles. The number of thiazole rings is 1. The van der Waals surface area contributed by atoms with Gasteiger partial charge in [0.15, 0.2) is 5.13 Å². The van der Waals surface area contributed by atoms with Crippen LogP contribution in [0, 0.1) is 13.8 Å². The van der Waals surface area contributed by atoms with E-state index >= 15 is 0 Å². The Morgan fingerprint density at radius 1 is 1.15 bits per heavy atom. The van der Waals surface area contributed by atoms with Crippen LogP contribution in [0.25, 0.3) is 15.9 Å². The minimum Gasteiger partial charge on any atom is -0.301 e. The molecule has 136 valence electrons. The topological polar surface area (TPSA) is 85.6 Å². The van der Waals surface area contributed by atoms with E-state index in [1.807, 2.05) is 50.2 Å². The molecule has 0 spiro atoms. The normalized spacial score (nSPS) is 11.0. The van der Waals surface area contributed by atoms with Gasteiger partial charge < -0.3 is 5.32 Å². The number of amides is 1. The molecule has 2 aromatic heterocycles. The smallest absolute Gasteiger partial charge is 0.236 e. The number of aryl methyl sites for hydroxylation is 2. The van der Waals surface area contributed by atoms with E-state index in [1.54, 1.807) is 4.68 Å². The fraction of sp³-hybridized carbons (Fsp3) is 0.167. The fourth-order valence-corrected chi connectivity index (χ4v) is 4.16. The van der Waals surface area contributed by atoms with Gasteiger partial charge in [0.05, 0.1) is 21.7 Å². The number of carbonyl (C=O) groups excluding carboxylic acids is 1. The number of hydrogen-bond donors (Lipinski definition) is 1. The second-order valence-corrected chi connectivity index (χ2v) is 8.01. The van der Waals surface area contributed by atoms with Gasteiger partial charge in [-0.25, -0.2) is 4.98 Å². The first-order valence-corrected chi connectivity index (χ1v) is 10.0. The highest BCUT2D eigenvalue weighted by Crippen LogP contribution is 2.27. The van der Waals surface area contributed by atoms with Gasteiger partial charge in [-0.3, -0.25) is 4.79 Å². The lowest BCUT2D eigenvalue weighted by Gasteiger charge is -2.04. The SMILES string of the molecule is Cc1ccc(-n2nnnc2SCC(=O)Nc2nc3ccc(C)cc3s2)cc1. The summed E-state index contributed by atoms with van der Waals surface area (Å²) in [5.41, 5.74) is 4.07. The quantitative estimate of drug-likeness (QED) is 0.519. The maximum absolute atomic E-state index is 12.3. The Morgan fingerprint density at radius 2 is 1.93 bits per heavy atom. The molecule has 1 N–H and O–H groups in total. The van der Waals surface area contributed by atoms with E-state index in [2.05, 4.69) is 31.9 Å². The van der Waals surface area contributed by atoms with E-state index in [4.69, 9.17) is 0 Å². The Morgan fingerprint density at radius 3 is 2.74 bits per heavy atom. The highest BCUT2D eigenvalue weighted by Gasteiger charge is 2.13. The van der Waals surface area contributed by atoms with Crippen molar-refractivity contribution in [1.29, 1.82) is 0 Å². The van der Waals surface area contributed by atoms with Crippen LogP contribution in [-0.2, 0) is 4.79 Å². The van der Waals surface area contributed by atoms with Crippen molar-refractivity contribution < 1.29 is 4.79 Å². The summed E-state index contributed by atoms with van der Waals surface area (Å²) in [6.45, 7) is 4.05. The molecule has 0 saturated heterocycles. The molecule has 0 atom stereocenters. The first-order chi connectivity index (χ1) is 13.1.